The average molecular weight is 191 g/mol. The van der Waals surface area contributed by atoms with E-state index in [-0.39, 0.29) is 6.42 Å². The van der Waals surface area contributed by atoms with Crippen LogP contribution in [-0.4, -0.2) is 16.2 Å². The van der Waals surface area contributed by atoms with E-state index in [9.17, 15) is 4.79 Å². The van der Waals surface area contributed by atoms with Gasteiger partial charge in [-0.25, -0.2) is 0 Å². The Morgan fingerprint density at radius 1 is 1.57 bits per heavy atom. The molecule has 2 rings (SSSR count). The van der Waals surface area contributed by atoms with Crippen molar-refractivity contribution in [3.05, 3.63) is 29.5 Å². The van der Waals surface area contributed by atoms with Gasteiger partial charge in [-0.15, -0.1) is 0 Å². The van der Waals surface area contributed by atoms with Gasteiger partial charge in [0.15, 0.2) is 5.76 Å². The van der Waals surface area contributed by atoms with Crippen LogP contribution in [0.3, 0.4) is 0 Å². The van der Waals surface area contributed by atoms with Gasteiger partial charge in [-0.2, -0.15) is 0 Å². The molecule has 0 radical (unpaired) electrons. The van der Waals surface area contributed by atoms with Crippen molar-refractivity contribution in [2.75, 3.05) is 0 Å². The zero-order valence-electron chi connectivity index (χ0n) is 7.65. The summed E-state index contributed by atoms with van der Waals surface area (Å²) in [7, 11) is 0. The molecule has 0 saturated heterocycles. The zero-order chi connectivity index (χ0) is 10.1. The van der Waals surface area contributed by atoms with Crippen LogP contribution in [0.25, 0.3) is 10.9 Å². The van der Waals surface area contributed by atoms with Crippen molar-refractivity contribution in [2.24, 2.45) is 0 Å². The maximum Gasteiger partial charge on any atom is 0.311 e. The van der Waals surface area contributed by atoms with E-state index in [2.05, 4.69) is 5.16 Å². The van der Waals surface area contributed by atoms with Gasteiger partial charge in [0.25, 0.3) is 0 Å². The fourth-order valence-electron chi connectivity index (χ4n) is 1.37. The largest absolute Gasteiger partial charge is 0.481 e. The second-order valence-corrected chi connectivity index (χ2v) is 3.20. The fourth-order valence-corrected chi connectivity index (χ4v) is 1.37. The van der Waals surface area contributed by atoms with Crippen molar-refractivity contribution in [2.45, 2.75) is 13.3 Å². The predicted molar refractivity (Wildman–Crippen MR) is 50.1 cm³/mol. The molecule has 72 valence electrons. The van der Waals surface area contributed by atoms with Crippen LogP contribution in [0.1, 0.15) is 11.3 Å². The third-order valence-corrected chi connectivity index (χ3v) is 2.02. The molecule has 14 heavy (non-hydrogen) atoms. The number of aliphatic carboxylic acids is 1. The summed E-state index contributed by atoms with van der Waals surface area (Å²) < 4.78 is 4.95. The number of hydrogen-bond acceptors (Lipinski definition) is 3. The number of nitrogens with zero attached hydrogens (tertiary/aromatic N) is 1. The maximum atomic E-state index is 10.5. The summed E-state index contributed by atoms with van der Waals surface area (Å²) >= 11 is 0. The smallest absolute Gasteiger partial charge is 0.311 e. The van der Waals surface area contributed by atoms with Crippen LogP contribution in [0.4, 0.5) is 0 Å². The zero-order valence-corrected chi connectivity index (χ0v) is 7.65. The summed E-state index contributed by atoms with van der Waals surface area (Å²) in [4.78, 5) is 10.5. The minimum absolute atomic E-state index is 0.125. The standard InChI is InChI=1S/C10H9NO3/c1-6-2-3-7-8(4-6)11-14-9(7)5-10(12)13/h2-4H,5H2,1H3,(H,12,13). The predicted octanol–water partition coefficient (Wildman–Crippen LogP) is 1.76. The molecule has 0 aliphatic heterocycles. The molecule has 0 unspecified atom stereocenters. The topological polar surface area (TPSA) is 63.3 Å². The molecule has 1 aromatic carbocycles. The molecular formula is C10H9NO3. The van der Waals surface area contributed by atoms with Gasteiger partial charge < -0.3 is 9.63 Å². The quantitative estimate of drug-likeness (QED) is 0.785. The van der Waals surface area contributed by atoms with Crippen molar-refractivity contribution < 1.29 is 14.4 Å². The fraction of sp³-hybridized carbons (Fsp3) is 0.200. The molecule has 0 atom stereocenters. The van der Waals surface area contributed by atoms with Crippen molar-refractivity contribution >= 4 is 16.9 Å². The van der Waals surface area contributed by atoms with E-state index in [1.165, 1.54) is 0 Å². The Hall–Kier alpha value is -1.84. The second kappa shape index (κ2) is 3.14. The summed E-state index contributed by atoms with van der Waals surface area (Å²) in [6.07, 6.45) is -0.125. The molecule has 1 aromatic heterocycles. The number of aryl methyl sites for hydroxylation is 1. The number of benzene rings is 1. The highest BCUT2D eigenvalue weighted by molar-refractivity contribution is 5.84. The Bertz CT molecular complexity index is 487. The number of rotatable bonds is 2. The van der Waals surface area contributed by atoms with Crippen LogP contribution >= 0.6 is 0 Å². The first-order valence-electron chi connectivity index (χ1n) is 4.23. The number of carboxylic acids is 1. The van der Waals surface area contributed by atoms with Crippen LogP contribution in [0.2, 0.25) is 0 Å². The molecule has 0 aliphatic carbocycles. The Morgan fingerprint density at radius 3 is 3.07 bits per heavy atom. The Morgan fingerprint density at radius 2 is 2.36 bits per heavy atom. The highest BCUT2D eigenvalue weighted by Crippen LogP contribution is 2.19. The van der Waals surface area contributed by atoms with Gasteiger partial charge in [0, 0.05) is 5.39 Å². The summed E-state index contributed by atoms with van der Waals surface area (Å²) in [5, 5.41) is 13.2. The lowest BCUT2D eigenvalue weighted by molar-refractivity contribution is -0.136. The Labute approximate surface area is 80.1 Å². The van der Waals surface area contributed by atoms with Crippen molar-refractivity contribution in [1.29, 1.82) is 0 Å². The van der Waals surface area contributed by atoms with Gasteiger partial charge in [0.05, 0.1) is 0 Å². The number of aromatic nitrogens is 1. The average Bonchev–Trinajstić information content (AvgIpc) is 2.47. The molecule has 1 heterocycles. The van der Waals surface area contributed by atoms with Crippen molar-refractivity contribution in [3.8, 4) is 0 Å². The van der Waals surface area contributed by atoms with E-state index in [1.54, 1.807) is 0 Å². The van der Waals surface area contributed by atoms with Gasteiger partial charge in [-0.1, -0.05) is 11.2 Å². The maximum absolute atomic E-state index is 10.5. The first-order valence-corrected chi connectivity index (χ1v) is 4.23. The molecule has 0 aliphatic rings. The summed E-state index contributed by atoms with van der Waals surface area (Å²) in [6, 6.07) is 5.61. The van der Waals surface area contributed by atoms with Gasteiger partial charge >= 0.3 is 5.97 Å². The lowest BCUT2D eigenvalue weighted by atomic mass is 10.1. The number of hydrogen-bond donors (Lipinski definition) is 1. The third kappa shape index (κ3) is 1.46. The molecule has 0 saturated carbocycles. The third-order valence-electron chi connectivity index (χ3n) is 2.02. The first-order chi connectivity index (χ1) is 6.66. The molecule has 0 fully saturated rings. The summed E-state index contributed by atoms with van der Waals surface area (Å²) in [6.45, 7) is 1.95. The molecule has 4 heteroatoms. The van der Waals surface area contributed by atoms with E-state index in [0.717, 1.165) is 10.9 Å². The van der Waals surface area contributed by atoms with Gasteiger partial charge in [-0.3, -0.25) is 4.79 Å². The SMILES string of the molecule is Cc1ccc2c(CC(=O)O)onc2c1. The van der Waals surface area contributed by atoms with Crippen molar-refractivity contribution in [1.82, 2.24) is 5.16 Å². The lowest BCUT2D eigenvalue weighted by Gasteiger charge is -1.91. The molecule has 2 aromatic rings. The van der Waals surface area contributed by atoms with Gasteiger partial charge in [-0.05, 0) is 24.6 Å². The van der Waals surface area contributed by atoms with Crippen LogP contribution in [-0.2, 0) is 11.2 Å². The van der Waals surface area contributed by atoms with E-state index < -0.39 is 5.97 Å². The summed E-state index contributed by atoms with van der Waals surface area (Å²) in [5.41, 5.74) is 1.79. The lowest BCUT2D eigenvalue weighted by Crippen LogP contribution is -1.98. The van der Waals surface area contributed by atoms with Gasteiger partial charge in [0.1, 0.15) is 11.9 Å². The highest BCUT2D eigenvalue weighted by Gasteiger charge is 2.11. The Balaban J connectivity index is 2.52. The molecule has 1 N–H and O–H groups in total. The second-order valence-electron chi connectivity index (χ2n) is 3.20. The molecular weight excluding hydrogens is 182 g/mol. The molecule has 0 amide bonds. The van der Waals surface area contributed by atoms with Gasteiger partial charge in [0.2, 0.25) is 0 Å². The first kappa shape index (κ1) is 8.74. The van der Waals surface area contributed by atoms with E-state index in [4.69, 9.17) is 9.63 Å². The van der Waals surface area contributed by atoms with Crippen LogP contribution in [0, 0.1) is 6.92 Å². The monoisotopic (exact) mass is 191 g/mol. The molecule has 0 bridgehead atoms. The Kier molecular flexibility index (Phi) is 1.96. The highest BCUT2D eigenvalue weighted by atomic mass is 16.5. The van der Waals surface area contributed by atoms with E-state index in [0.29, 0.717) is 11.3 Å². The number of carboxylic acid groups (broad SMARTS) is 1. The number of fused-ring (bicyclic) bond motifs is 1. The molecule has 4 nitrogen and oxygen atoms in total. The number of carbonyl (C=O) groups is 1. The molecule has 0 spiro atoms. The van der Waals surface area contributed by atoms with Crippen LogP contribution in [0.5, 0.6) is 0 Å². The van der Waals surface area contributed by atoms with E-state index in [1.807, 2.05) is 25.1 Å². The van der Waals surface area contributed by atoms with E-state index >= 15 is 0 Å². The summed E-state index contributed by atoms with van der Waals surface area (Å²) in [5.74, 6) is -0.504. The minimum Gasteiger partial charge on any atom is -0.481 e. The minimum atomic E-state index is -0.913. The van der Waals surface area contributed by atoms with Crippen molar-refractivity contribution in [3.63, 3.8) is 0 Å². The van der Waals surface area contributed by atoms with Crippen LogP contribution < -0.4 is 0 Å². The normalized spacial score (nSPS) is 10.6. The van der Waals surface area contributed by atoms with Crippen LogP contribution in [0.15, 0.2) is 22.7 Å².